The number of nitrogen functional groups attached to an aromatic ring is 1. The maximum atomic E-state index is 12.1. The quantitative estimate of drug-likeness (QED) is 0.819. The minimum atomic E-state index is -3.54. The molecule has 0 aromatic heterocycles. The summed E-state index contributed by atoms with van der Waals surface area (Å²) in [6.07, 6.45) is 0.909. The molecule has 1 rings (SSSR count). The lowest BCUT2D eigenvalue weighted by Crippen LogP contribution is -2.36. The Balaban J connectivity index is 2.96. The maximum absolute atomic E-state index is 12.1. The Morgan fingerprint density at radius 2 is 2.00 bits per heavy atom. The Kier molecular flexibility index (Phi) is 5.01. The number of hydrogen-bond acceptors (Lipinski definition) is 3. The molecule has 2 atom stereocenters. The third-order valence-electron chi connectivity index (χ3n) is 3.12. The number of hydrogen-bond donors (Lipinski definition) is 2. The number of nitrogens with one attached hydrogen (secondary N) is 1. The van der Waals surface area contributed by atoms with Crippen molar-refractivity contribution in [1.82, 2.24) is 4.72 Å². The van der Waals surface area contributed by atoms with Crippen molar-refractivity contribution < 1.29 is 8.42 Å². The third-order valence-corrected chi connectivity index (χ3v) is 5.00. The average Bonchev–Trinajstić information content (AvgIpc) is 2.30. The van der Waals surface area contributed by atoms with Gasteiger partial charge in [-0.05, 0) is 31.0 Å². The molecule has 4 nitrogen and oxygen atoms in total. The van der Waals surface area contributed by atoms with Crippen LogP contribution >= 0.6 is 11.6 Å². The summed E-state index contributed by atoms with van der Waals surface area (Å²) in [5.74, 6) is 0.268. The van der Waals surface area contributed by atoms with Crippen LogP contribution in [0.5, 0.6) is 0 Å². The molecule has 0 radical (unpaired) electrons. The van der Waals surface area contributed by atoms with E-state index >= 15 is 0 Å². The molecule has 0 aliphatic heterocycles. The van der Waals surface area contributed by atoms with E-state index < -0.39 is 10.0 Å². The second-order valence-corrected chi connectivity index (χ2v) is 6.60. The van der Waals surface area contributed by atoms with Crippen molar-refractivity contribution in [3.63, 3.8) is 0 Å². The van der Waals surface area contributed by atoms with E-state index in [9.17, 15) is 8.42 Å². The summed E-state index contributed by atoms with van der Waals surface area (Å²) in [4.78, 5) is 0.136. The number of rotatable bonds is 5. The molecule has 2 unspecified atom stereocenters. The summed E-state index contributed by atoms with van der Waals surface area (Å²) < 4.78 is 26.9. The first-order valence-corrected chi connectivity index (χ1v) is 7.71. The average molecular weight is 291 g/mol. The fraction of sp³-hybridized carbons (Fsp3) is 0.500. The van der Waals surface area contributed by atoms with Crippen LogP contribution in [0.15, 0.2) is 23.1 Å². The number of benzene rings is 1. The predicted octanol–water partition coefficient (Wildman–Crippen LogP) is 2.64. The minimum Gasteiger partial charge on any atom is -0.398 e. The Morgan fingerprint density at radius 1 is 1.39 bits per heavy atom. The summed E-state index contributed by atoms with van der Waals surface area (Å²) in [6.45, 7) is 5.88. The zero-order valence-electron chi connectivity index (χ0n) is 10.8. The summed E-state index contributed by atoms with van der Waals surface area (Å²) in [7, 11) is -3.54. The van der Waals surface area contributed by atoms with Crippen LogP contribution in [0.2, 0.25) is 5.02 Å². The van der Waals surface area contributed by atoms with Gasteiger partial charge in [-0.25, -0.2) is 13.1 Å². The van der Waals surface area contributed by atoms with Gasteiger partial charge in [0.1, 0.15) is 0 Å². The van der Waals surface area contributed by atoms with E-state index in [1.807, 2.05) is 20.8 Å². The van der Waals surface area contributed by atoms with Gasteiger partial charge in [-0.3, -0.25) is 0 Å². The van der Waals surface area contributed by atoms with Crippen LogP contribution in [0.4, 0.5) is 5.69 Å². The summed E-state index contributed by atoms with van der Waals surface area (Å²) in [5, 5.41) is 0.245. The van der Waals surface area contributed by atoms with Crippen LogP contribution in [0, 0.1) is 5.92 Å². The van der Waals surface area contributed by atoms with Crippen LogP contribution in [-0.2, 0) is 10.0 Å². The Bertz CT molecular complexity index is 517. The monoisotopic (exact) mass is 290 g/mol. The van der Waals surface area contributed by atoms with Gasteiger partial charge in [-0.15, -0.1) is 0 Å². The molecule has 3 N–H and O–H groups in total. The van der Waals surface area contributed by atoms with E-state index in [0.29, 0.717) is 5.69 Å². The van der Waals surface area contributed by atoms with E-state index in [-0.39, 0.29) is 21.9 Å². The zero-order chi connectivity index (χ0) is 13.9. The van der Waals surface area contributed by atoms with Gasteiger partial charge in [0, 0.05) is 6.04 Å². The number of sulfonamides is 1. The first kappa shape index (κ1) is 15.3. The lowest BCUT2D eigenvalue weighted by molar-refractivity contribution is 0.434. The second-order valence-electron chi connectivity index (χ2n) is 4.48. The molecule has 1 aromatic rings. The number of anilines is 1. The highest BCUT2D eigenvalue weighted by Crippen LogP contribution is 2.23. The van der Waals surface area contributed by atoms with Crippen LogP contribution in [0.1, 0.15) is 27.2 Å². The molecule has 1 aromatic carbocycles. The SMILES string of the molecule is CCC(C)C(C)NS(=O)(=O)c1ccc(N)c(Cl)c1. The molecule has 0 fully saturated rings. The molecule has 0 aliphatic rings. The van der Waals surface area contributed by atoms with Gasteiger partial charge < -0.3 is 5.73 Å². The zero-order valence-corrected chi connectivity index (χ0v) is 12.3. The Labute approximate surface area is 114 Å². The van der Waals surface area contributed by atoms with Gasteiger partial charge in [-0.1, -0.05) is 31.9 Å². The van der Waals surface area contributed by atoms with E-state index in [4.69, 9.17) is 17.3 Å². The first-order valence-electron chi connectivity index (χ1n) is 5.85. The van der Waals surface area contributed by atoms with Crippen molar-refractivity contribution in [2.45, 2.75) is 38.1 Å². The van der Waals surface area contributed by atoms with Crippen molar-refractivity contribution in [2.75, 3.05) is 5.73 Å². The molecule has 18 heavy (non-hydrogen) atoms. The molecule has 0 saturated carbocycles. The smallest absolute Gasteiger partial charge is 0.240 e. The van der Waals surface area contributed by atoms with Crippen molar-refractivity contribution in [1.29, 1.82) is 0 Å². The summed E-state index contributed by atoms with van der Waals surface area (Å²) in [6, 6.07) is 4.18. The van der Waals surface area contributed by atoms with E-state index in [1.165, 1.54) is 18.2 Å². The molecule has 0 bridgehead atoms. The molecule has 102 valence electrons. The molecule has 0 saturated heterocycles. The molecule has 0 spiro atoms. The summed E-state index contributed by atoms with van der Waals surface area (Å²) >= 11 is 5.83. The van der Waals surface area contributed by atoms with Crippen LogP contribution in [-0.4, -0.2) is 14.5 Å². The normalized spacial score (nSPS) is 15.3. The lowest BCUT2D eigenvalue weighted by Gasteiger charge is -2.20. The van der Waals surface area contributed by atoms with Crippen LogP contribution in [0.25, 0.3) is 0 Å². The highest BCUT2D eigenvalue weighted by Gasteiger charge is 2.20. The number of halogens is 1. The van der Waals surface area contributed by atoms with Gasteiger partial charge in [-0.2, -0.15) is 0 Å². The summed E-state index contributed by atoms with van der Waals surface area (Å²) in [5.41, 5.74) is 5.92. The first-order chi connectivity index (χ1) is 8.27. The Morgan fingerprint density at radius 3 is 2.50 bits per heavy atom. The van der Waals surface area contributed by atoms with E-state index in [2.05, 4.69) is 4.72 Å². The lowest BCUT2D eigenvalue weighted by atomic mass is 10.0. The second kappa shape index (κ2) is 5.91. The topological polar surface area (TPSA) is 72.2 Å². The highest BCUT2D eigenvalue weighted by atomic mass is 35.5. The molecule has 0 aliphatic carbocycles. The molecule has 6 heteroatoms. The fourth-order valence-electron chi connectivity index (χ4n) is 1.46. The van der Waals surface area contributed by atoms with Crippen molar-refractivity contribution in [2.24, 2.45) is 5.92 Å². The van der Waals surface area contributed by atoms with Gasteiger partial charge in [0.25, 0.3) is 0 Å². The van der Waals surface area contributed by atoms with Crippen molar-refractivity contribution in [3.8, 4) is 0 Å². The Hall–Kier alpha value is -0.780. The van der Waals surface area contributed by atoms with Gasteiger partial charge in [0.2, 0.25) is 10.0 Å². The fourth-order valence-corrected chi connectivity index (χ4v) is 3.08. The van der Waals surface area contributed by atoms with E-state index in [0.717, 1.165) is 6.42 Å². The van der Waals surface area contributed by atoms with Crippen molar-refractivity contribution in [3.05, 3.63) is 23.2 Å². The predicted molar refractivity (Wildman–Crippen MR) is 75.1 cm³/mol. The van der Waals surface area contributed by atoms with Gasteiger partial charge in [0.15, 0.2) is 0 Å². The van der Waals surface area contributed by atoms with E-state index in [1.54, 1.807) is 0 Å². The largest absolute Gasteiger partial charge is 0.398 e. The van der Waals surface area contributed by atoms with Crippen molar-refractivity contribution >= 4 is 27.3 Å². The third kappa shape index (κ3) is 3.60. The van der Waals surface area contributed by atoms with Crippen LogP contribution < -0.4 is 10.5 Å². The molecular weight excluding hydrogens is 272 g/mol. The molecule has 0 heterocycles. The number of nitrogens with two attached hydrogens (primary N) is 1. The highest BCUT2D eigenvalue weighted by molar-refractivity contribution is 7.89. The maximum Gasteiger partial charge on any atom is 0.240 e. The van der Waals surface area contributed by atoms with Crippen LogP contribution in [0.3, 0.4) is 0 Å². The molecule has 0 amide bonds. The standard InChI is InChI=1S/C12H19ClN2O2S/c1-4-8(2)9(3)15-18(16,17)10-5-6-12(14)11(13)7-10/h5-9,15H,4,14H2,1-3H3. The van der Waals surface area contributed by atoms with Gasteiger partial charge >= 0.3 is 0 Å². The minimum absolute atomic E-state index is 0.128. The van der Waals surface area contributed by atoms with Gasteiger partial charge in [0.05, 0.1) is 15.6 Å². The molecular formula is C12H19ClN2O2S.